The van der Waals surface area contributed by atoms with Crippen molar-refractivity contribution in [3.05, 3.63) is 70.8 Å². The number of benzene rings is 2. The summed E-state index contributed by atoms with van der Waals surface area (Å²) in [6.45, 7) is 3.77. The van der Waals surface area contributed by atoms with E-state index in [4.69, 9.17) is 9.47 Å². The van der Waals surface area contributed by atoms with Crippen molar-refractivity contribution >= 4 is 5.91 Å². The second-order valence-corrected chi connectivity index (χ2v) is 9.43. The van der Waals surface area contributed by atoms with Gasteiger partial charge in [0.15, 0.2) is 6.29 Å². The first kappa shape index (κ1) is 27.4. The maximum atomic E-state index is 13.4. The van der Waals surface area contributed by atoms with E-state index in [-0.39, 0.29) is 35.9 Å². The van der Waals surface area contributed by atoms with Crippen molar-refractivity contribution in [2.24, 2.45) is 5.92 Å². The molecule has 2 aromatic rings. The van der Waals surface area contributed by atoms with E-state index in [1.54, 1.807) is 0 Å². The number of halogens is 6. The van der Waals surface area contributed by atoms with Crippen LogP contribution in [0.2, 0.25) is 0 Å². The van der Waals surface area contributed by atoms with Crippen LogP contribution in [0.5, 0.6) is 0 Å². The number of nitrogens with one attached hydrogen (secondary N) is 1. The van der Waals surface area contributed by atoms with Gasteiger partial charge in [0.2, 0.25) is 5.91 Å². The minimum Gasteiger partial charge on any atom is -0.354 e. The van der Waals surface area contributed by atoms with Gasteiger partial charge in [-0.25, -0.2) is 0 Å². The molecule has 0 spiro atoms. The van der Waals surface area contributed by atoms with E-state index >= 15 is 0 Å². The molecule has 2 saturated heterocycles. The molecule has 0 radical (unpaired) electrons. The van der Waals surface area contributed by atoms with E-state index in [0.29, 0.717) is 44.8 Å². The van der Waals surface area contributed by atoms with Crippen LogP contribution in [0.25, 0.3) is 0 Å². The van der Waals surface area contributed by atoms with Crippen LogP contribution >= 0.6 is 0 Å². The van der Waals surface area contributed by atoms with Crippen molar-refractivity contribution in [3.8, 4) is 0 Å². The molecule has 37 heavy (non-hydrogen) atoms. The van der Waals surface area contributed by atoms with Crippen molar-refractivity contribution in [2.75, 3.05) is 32.8 Å². The second kappa shape index (κ2) is 11.0. The molecule has 1 N–H and O–H groups in total. The molecule has 11 heteroatoms. The summed E-state index contributed by atoms with van der Waals surface area (Å²) in [7, 11) is 0. The van der Waals surface area contributed by atoms with E-state index in [0.717, 1.165) is 5.56 Å². The fourth-order valence-corrected chi connectivity index (χ4v) is 4.95. The van der Waals surface area contributed by atoms with Crippen molar-refractivity contribution < 1.29 is 40.6 Å². The Balaban J connectivity index is 1.61. The molecule has 2 aliphatic heterocycles. The number of hydrogen-bond donors (Lipinski definition) is 1. The Morgan fingerprint density at radius 1 is 1.05 bits per heavy atom. The Kier molecular flexibility index (Phi) is 8.15. The SMILES string of the molecule is C[C@@H](O[C@H]1OCC[C@@H](CN2CCNC(=O)C2)[C@@H]1c1ccccc1)c1cc(C(F)(F)F)cc(C(F)(F)F)c1. The molecular formula is C26H28F6N2O3. The molecule has 4 atom stereocenters. The predicted molar refractivity (Wildman–Crippen MR) is 122 cm³/mol. The van der Waals surface area contributed by atoms with Gasteiger partial charge in [-0.05, 0) is 48.6 Å². The number of hydrogen-bond acceptors (Lipinski definition) is 4. The van der Waals surface area contributed by atoms with Gasteiger partial charge in [-0.15, -0.1) is 0 Å². The van der Waals surface area contributed by atoms with Gasteiger partial charge in [-0.3, -0.25) is 9.69 Å². The van der Waals surface area contributed by atoms with E-state index < -0.39 is 35.9 Å². The number of carbonyl (C=O) groups is 1. The van der Waals surface area contributed by atoms with Crippen molar-refractivity contribution in [1.82, 2.24) is 10.2 Å². The molecule has 0 aromatic heterocycles. The highest BCUT2D eigenvalue weighted by molar-refractivity contribution is 5.78. The Bertz CT molecular complexity index is 1040. The first-order chi connectivity index (χ1) is 17.4. The standard InChI is InChI=1S/C26H28F6N2O3/c1-16(19-11-20(25(27,28)29)13-21(12-19)26(30,31)32)37-24-23(17-5-3-2-4-6-17)18(7-10-36-24)14-34-9-8-33-22(35)15-34/h2-6,11-13,16,18,23-24H,7-10,14-15H2,1H3,(H,33,35)/t16-,18+,23+,24-/m1/s1. The number of ether oxygens (including phenoxy) is 2. The lowest BCUT2D eigenvalue weighted by atomic mass is 9.81. The summed E-state index contributed by atoms with van der Waals surface area (Å²) >= 11 is 0. The third kappa shape index (κ3) is 6.82. The van der Waals surface area contributed by atoms with Crippen LogP contribution in [0.4, 0.5) is 26.3 Å². The normalized spacial score (nSPS) is 24.5. The second-order valence-electron chi connectivity index (χ2n) is 9.43. The summed E-state index contributed by atoms with van der Waals surface area (Å²) in [6.07, 6.45) is -11.3. The quantitative estimate of drug-likeness (QED) is 0.510. The fourth-order valence-electron chi connectivity index (χ4n) is 4.95. The van der Waals surface area contributed by atoms with E-state index in [2.05, 4.69) is 5.32 Å². The molecule has 4 rings (SSSR count). The van der Waals surface area contributed by atoms with Crippen LogP contribution in [0.15, 0.2) is 48.5 Å². The van der Waals surface area contributed by atoms with Crippen molar-refractivity contribution in [2.45, 2.75) is 44.0 Å². The smallest absolute Gasteiger partial charge is 0.354 e. The van der Waals surface area contributed by atoms with Crippen LogP contribution in [0, 0.1) is 5.92 Å². The summed E-state index contributed by atoms with van der Waals surface area (Å²) in [4.78, 5) is 13.9. The molecule has 202 valence electrons. The summed E-state index contributed by atoms with van der Waals surface area (Å²) in [6, 6.07) is 10.8. The van der Waals surface area contributed by atoms with Gasteiger partial charge in [0, 0.05) is 25.6 Å². The number of carbonyl (C=O) groups excluding carboxylic acids is 1. The predicted octanol–water partition coefficient (Wildman–Crippen LogP) is 5.38. The third-order valence-corrected chi connectivity index (χ3v) is 6.78. The lowest BCUT2D eigenvalue weighted by Crippen LogP contribution is -2.51. The summed E-state index contributed by atoms with van der Waals surface area (Å²) in [5, 5.41) is 2.79. The summed E-state index contributed by atoms with van der Waals surface area (Å²) in [5.41, 5.74) is -2.14. The molecule has 5 nitrogen and oxygen atoms in total. The monoisotopic (exact) mass is 530 g/mol. The number of amides is 1. The molecule has 2 heterocycles. The molecule has 2 aromatic carbocycles. The maximum Gasteiger partial charge on any atom is 0.416 e. The molecule has 0 unspecified atom stereocenters. The lowest BCUT2D eigenvalue weighted by Gasteiger charge is -2.42. The first-order valence-corrected chi connectivity index (χ1v) is 12.0. The zero-order valence-corrected chi connectivity index (χ0v) is 20.1. The molecule has 2 fully saturated rings. The van der Waals surface area contributed by atoms with Gasteiger partial charge in [0.05, 0.1) is 30.4 Å². The van der Waals surface area contributed by atoms with Gasteiger partial charge in [0.25, 0.3) is 0 Å². The van der Waals surface area contributed by atoms with Crippen LogP contribution in [-0.4, -0.2) is 49.9 Å². The van der Waals surface area contributed by atoms with Crippen LogP contribution < -0.4 is 5.32 Å². The Labute approximate surface area is 210 Å². The first-order valence-electron chi connectivity index (χ1n) is 12.0. The average Bonchev–Trinajstić information content (AvgIpc) is 2.83. The van der Waals surface area contributed by atoms with Gasteiger partial charge >= 0.3 is 12.4 Å². The van der Waals surface area contributed by atoms with Crippen molar-refractivity contribution in [1.29, 1.82) is 0 Å². The Hall–Kier alpha value is -2.63. The average molecular weight is 531 g/mol. The van der Waals surface area contributed by atoms with E-state index in [9.17, 15) is 31.1 Å². The Morgan fingerprint density at radius 2 is 1.70 bits per heavy atom. The molecule has 1 amide bonds. The highest BCUT2D eigenvalue weighted by Gasteiger charge is 2.40. The molecule has 2 aliphatic rings. The van der Waals surface area contributed by atoms with Crippen LogP contribution in [-0.2, 0) is 26.6 Å². The molecule has 0 bridgehead atoms. The minimum atomic E-state index is -4.95. The summed E-state index contributed by atoms with van der Waals surface area (Å²) < 4.78 is 92.2. The number of nitrogens with zero attached hydrogens (tertiary/aromatic N) is 1. The Morgan fingerprint density at radius 3 is 2.30 bits per heavy atom. The van der Waals surface area contributed by atoms with Gasteiger partial charge in [0.1, 0.15) is 0 Å². The molecular weight excluding hydrogens is 502 g/mol. The number of rotatable bonds is 6. The topological polar surface area (TPSA) is 50.8 Å². The highest BCUT2D eigenvalue weighted by atomic mass is 19.4. The van der Waals surface area contributed by atoms with Gasteiger partial charge < -0.3 is 14.8 Å². The fraction of sp³-hybridized carbons (Fsp3) is 0.500. The molecule has 0 saturated carbocycles. The third-order valence-electron chi connectivity index (χ3n) is 6.78. The highest BCUT2D eigenvalue weighted by Crippen LogP contribution is 2.41. The van der Waals surface area contributed by atoms with Gasteiger partial charge in [-0.1, -0.05) is 30.3 Å². The van der Waals surface area contributed by atoms with E-state index in [1.807, 2.05) is 35.2 Å². The number of alkyl halides is 6. The minimum absolute atomic E-state index is 0.00787. The number of piperazine rings is 1. The zero-order chi connectivity index (χ0) is 26.8. The largest absolute Gasteiger partial charge is 0.416 e. The van der Waals surface area contributed by atoms with Crippen LogP contribution in [0.1, 0.15) is 47.6 Å². The lowest BCUT2D eigenvalue weighted by molar-refractivity contribution is -0.210. The van der Waals surface area contributed by atoms with Crippen LogP contribution in [0.3, 0.4) is 0 Å². The van der Waals surface area contributed by atoms with Gasteiger partial charge in [-0.2, -0.15) is 26.3 Å². The zero-order valence-electron chi connectivity index (χ0n) is 20.1. The van der Waals surface area contributed by atoms with Crippen molar-refractivity contribution in [3.63, 3.8) is 0 Å². The maximum absolute atomic E-state index is 13.4. The van der Waals surface area contributed by atoms with E-state index in [1.165, 1.54) is 6.92 Å². The summed E-state index contributed by atoms with van der Waals surface area (Å²) in [5.74, 6) is -0.414. The molecule has 0 aliphatic carbocycles.